The smallest absolute Gasteiger partial charge is 0.303 e. The molecule has 2 aromatic carbocycles. The molecule has 2 N–H and O–H groups in total. The summed E-state index contributed by atoms with van der Waals surface area (Å²) in [5, 5.41) is 3.88. The summed E-state index contributed by atoms with van der Waals surface area (Å²) in [5.74, 6) is 0.0735. The van der Waals surface area contributed by atoms with Crippen molar-refractivity contribution in [1.29, 1.82) is 0 Å². The normalized spacial score (nSPS) is 19.9. The molecule has 1 saturated carbocycles. The van der Waals surface area contributed by atoms with Crippen LogP contribution in [0.4, 0.5) is 0 Å². The minimum absolute atomic E-state index is 0.115. The van der Waals surface area contributed by atoms with E-state index in [0.29, 0.717) is 31.1 Å². The predicted molar refractivity (Wildman–Crippen MR) is 151 cm³/mol. The summed E-state index contributed by atoms with van der Waals surface area (Å²) in [6.45, 7) is 0.502. The van der Waals surface area contributed by atoms with Gasteiger partial charge in [-0.25, -0.2) is 4.72 Å². The fourth-order valence-electron chi connectivity index (χ4n) is 5.78. The molecule has 0 unspecified atom stereocenters. The lowest BCUT2D eigenvalue weighted by molar-refractivity contribution is -0.123. The zero-order chi connectivity index (χ0) is 27.6. The summed E-state index contributed by atoms with van der Waals surface area (Å²) in [5.41, 5.74) is 4.21. The van der Waals surface area contributed by atoms with Crippen molar-refractivity contribution < 1.29 is 22.7 Å². The third-order valence-corrected chi connectivity index (χ3v) is 9.32. The highest BCUT2D eigenvalue weighted by molar-refractivity contribution is 7.87. The number of aryl methyl sites for hydroxylation is 1. The summed E-state index contributed by atoms with van der Waals surface area (Å²) in [6.07, 6.45) is 6.80. The Kier molecular flexibility index (Phi) is 7.95. The number of hydrogen-bond donors (Lipinski definition) is 2. The maximum absolute atomic E-state index is 13.1. The molecule has 208 valence electrons. The van der Waals surface area contributed by atoms with Gasteiger partial charge in [-0.1, -0.05) is 37.5 Å². The van der Waals surface area contributed by atoms with Crippen molar-refractivity contribution >= 4 is 32.9 Å². The molecule has 3 bridgehead atoms. The van der Waals surface area contributed by atoms with E-state index in [1.807, 2.05) is 37.4 Å². The maximum Gasteiger partial charge on any atom is 0.303 e. The quantitative estimate of drug-likeness (QED) is 0.473. The van der Waals surface area contributed by atoms with E-state index in [2.05, 4.69) is 14.6 Å². The van der Waals surface area contributed by atoms with Gasteiger partial charge >= 0.3 is 10.2 Å². The molecule has 3 aromatic rings. The number of hydrogen-bond acceptors (Lipinski definition) is 5. The van der Waals surface area contributed by atoms with Crippen LogP contribution in [0.25, 0.3) is 22.2 Å². The highest BCUT2D eigenvalue weighted by Gasteiger charge is 2.28. The molecule has 10 heteroatoms. The van der Waals surface area contributed by atoms with Gasteiger partial charge in [0.25, 0.3) is 11.8 Å². The molecule has 0 spiro atoms. The Morgan fingerprint density at radius 1 is 0.949 bits per heavy atom. The molecule has 2 heterocycles. The average molecular weight is 553 g/mol. The zero-order valence-electron chi connectivity index (χ0n) is 22.5. The fourth-order valence-corrected chi connectivity index (χ4v) is 6.66. The molecular weight excluding hydrogens is 516 g/mol. The molecule has 1 aromatic heterocycles. The number of amides is 2. The number of nitrogens with one attached hydrogen (secondary N) is 2. The van der Waals surface area contributed by atoms with Crippen LogP contribution in [-0.2, 0) is 22.1 Å². The minimum Gasteiger partial charge on any atom is -0.483 e. The van der Waals surface area contributed by atoms with Crippen LogP contribution in [0.15, 0.2) is 42.5 Å². The van der Waals surface area contributed by atoms with E-state index in [0.717, 1.165) is 52.1 Å². The van der Waals surface area contributed by atoms with Crippen molar-refractivity contribution in [3.05, 3.63) is 53.6 Å². The van der Waals surface area contributed by atoms with E-state index in [1.165, 1.54) is 19.0 Å². The molecular formula is C29H36N4O5S. The van der Waals surface area contributed by atoms with Crippen LogP contribution in [0, 0.1) is 0 Å². The lowest BCUT2D eigenvalue weighted by atomic mass is 9.81. The van der Waals surface area contributed by atoms with Crippen molar-refractivity contribution in [1.82, 2.24) is 18.9 Å². The number of carbonyl (C=O) groups excluding carboxylic acids is 2. The monoisotopic (exact) mass is 552 g/mol. The van der Waals surface area contributed by atoms with Gasteiger partial charge in [0.1, 0.15) is 5.75 Å². The standard InChI is InChI=1S/C29H36N4O5S/c1-32-17-9-8-16-30-26(34)19-38-25-13-7-6-12-23(25)28-27(20-10-4-3-5-11-20)22-15-14-21(18-24(22)33(28)2)29(35)31-39(32,36)37/h6-7,12-15,18,20H,3-5,8-11,16-17,19H2,1-2H3,(H,30,34)(H,31,35). The van der Waals surface area contributed by atoms with Crippen molar-refractivity contribution in [3.8, 4) is 17.0 Å². The number of aromatic nitrogens is 1. The summed E-state index contributed by atoms with van der Waals surface area (Å²) in [6, 6.07) is 13.1. The number of benzene rings is 2. The van der Waals surface area contributed by atoms with Gasteiger partial charge in [-0.15, -0.1) is 0 Å². The van der Waals surface area contributed by atoms with E-state index in [9.17, 15) is 18.0 Å². The second-order valence-electron chi connectivity index (χ2n) is 10.5. The van der Waals surface area contributed by atoms with Gasteiger partial charge in [-0.3, -0.25) is 9.59 Å². The number of fused-ring (bicyclic) bond motifs is 4. The van der Waals surface area contributed by atoms with E-state index >= 15 is 0 Å². The lowest BCUT2D eigenvalue weighted by Crippen LogP contribution is -2.42. The van der Waals surface area contributed by atoms with Gasteiger partial charge in [0.15, 0.2) is 6.61 Å². The molecule has 0 radical (unpaired) electrons. The SMILES string of the molecule is CN1CCCCNC(=O)COc2ccccc2-c2c(C3CCCCC3)c3ccc(cc3n2C)C(=O)NS1(=O)=O. The Morgan fingerprint density at radius 3 is 2.51 bits per heavy atom. The van der Waals surface area contributed by atoms with Gasteiger partial charge in [0.05, 0.1) is 5.69 Å². The third kappa shape index (κ3) is 5.67. The second-order valence-corrected chi connectivity index (χ2v) is 12.3. The molecule has 1 aliphatic carbocycles. The number of nitrogens with zero attached hydrogens (tertiary/aromatic N) is 2. The average Bonchev–Trinajstić information content (AvgIpc) is 3.22. The minimum atomic E-state index is -4.01. The van der Waals surface area contributed by atoms with Crippen molar-refractivity contribution in [2.24, 2.45) is 7.05 Å². The van der Waals surface area contributed by atoms with Crippen LogP contribution in [0.5, 0.6) is 5.75 Å². The molecule has 2 amide bonds. The van der Waals surface area contributed by atoms with Crippen LogP contribution >= 0.6 is 0 Å². The van der Waals surface area contributed by atoms with Gasteiger partial charge in [-0.2, -0.15) is 12.7 Å². The zero-order valence-corrected chi connectivity index (χ0v) is 23.4. The van der Waals surface area contributed by atoms with Crippen molar-refractivity contribution in [2.45, 2.75) is 50.9 Å². The van der Waals surface area contributed by atoms with Crippen LogP contribution in [-0.4, -0.2) is 55.8 Å². The Balaban J connectivity index is 1.66. The molecule has 1 fully saturated rings. The Bertz CT molecular complexity index is 1490. The van der Waals surface area contributed by atoms with Gasteiger partial charge < -0.3 is 14.6 Å². The maximum atomic E-state index is 13.1. The molecule has 39 heavy (non-hydrogen) atoms. The summed E-state index contributed by atoms with van der Waals surface area (Å²) < 4.78 is 37.1. The highest BCUT2D eigenvalue weighted by atomic mass is 32.2. The summed E-state index contributed by atoms with van der Waals surface area (Å²) in [4.78, 5) is 25.6. The van der Waals surface area contributed by atoms with Crippen molar-refractivity contribution in [3.63, 3.8) is 0 Å². The topological polar surface area (TPSA) is 110 Å². The largest absolute Gasteiger partial charge is 0.483 e. The van der Waals surface area contributed by atoms with Gasteiger partial charge in [0.2, 0.25) is 0 Å². The summed E-state index contributed by atoms with van der Waals surface area (Å²) in [7, 11) is -0.618. The number of rotatable bonds is 1. The number of ether oxygens (including phenoxy) is 1. The van der Waals surface area contributed by atoms with E-state index < -0.39 is 16.1 Å². The van der Waals surface area contributed by atoms with Crippen LogP contribution in [0.3, 0.4) is 0 Å². The molecule has 9 nitrogen and oxygen atoms in total. The first-order chi connectivity index (χ1) is 18.8. The Hall–Kier alpha value is -3.37. The Morgan fingerprint density at radius 2 is 1.72 bits per heavy atom. The van der Waals surface area contributed by atoms with E-state index in [4.69, 9.17) is 4.74 Å². The number of carbonyl (C=O) groups is 2. The first-order valence-electron chi connectivity index (χ1n) is 13.7. The Labute approximate surface area is 229 Å². The first kappa shape index (κ1) is 27.2. The first-order valence-corrected chi connectivity index (χ1v) is 15.1. The van der Waals surface area contributed by atoms with Gasteiger partial charge in [-0.05, 0) is 61.4 Å². The van der Waals surface area contributed by atoms with Crippen LogP contribution in [0.2, 0.25) is 0 Å². The van der Waals surface area contributed by atoms with E-state index in [1.54, 1.807) is 12.1 Å². The lowest BCUT2D eigenvalue weighted by Gasteiger charge is -2.24. The van der Waals surface area contributed by atoms with Crippen LogP contribution in [0.1, 0.15) is 66.8 Å². The van der Waals surface area contributed by atoms with Crippen molar-refractivity contribution in [2.75, 3.05) is 26.7 Å². The predicted octanol–water partition coefficient (Wildman–Crippen LogP) is 4.09. The molecule has 1 aliphatic heterocycles. The molecule has 5 rings (SSSR count). The third-order valence-electron chi connectivity index (χ3n) is 7.87. The van der Waals surface area contributed by atoms with E-state index in [-0.39, 0.29) is 24.6 Å². The number of para-hydroxylation sites is 1. The highest BCUT2D eigenvalue weighted by Crippen LogP contribution is 2.45. The molecule has 0 atom stereocenters. The van der Waals surface area contributed by atoms with Gasteiger partial charge in [0, 0.05) is 49.2 Å². The fraction of sp³-hybridized carbons (Fsp3) is 0.448. The summed E-state index contributed by atoms with van der Waals surface area (Å²) >= 11 is 0. The van der Waals surface area contributed by atoms with Crippen LogP contribution < -0.4 is 14.8 Å². The molecule has 0 saturated heterocycles. The molecule has 2 aliphatic rings. The second kappa shape index (κ2) is 11.4.